The van der Waals surface area contributed by atoms with Gasteiger partial charge in [0.05, 0.1) is 13.2 Å². The molecule has 0 radical (unpaired) electrons. The fourth-order valence-electron chi connectivity index (χ4n) is 5.63. The van der Waals surface area contributed by atoms with Crippen LogP contribution in [0.4, 0.5) is 0 Å². The molecule has 0 aromatic heterocycles. The van der Waals surface area contributed by atoms with Gasteiger partial charge in [-0.2, -0.15) is 0 Å². The van der Waals surface area contributed by atoms with Gasteiger partial charge in [0.1, 0.15) is 6.61 Å². The smallest absolute Gasteiger partial charge is 0.462 e. The molecule has 0 aliphatic carbocycles. The summed E-state index contributed by atoms with van der Waals surface area (Å²) in [4.78, 5) is 34.7. The normalized spacial score (nSPS) is 13.5. The van der Waals surface area contributed by atoms with E-state index in [0.29, 0.717) is 6.42 Å². The monoisotopic (exact) mass is 718 g/mol. The van der Waals surface area contributed by atoms with Crippen molar-refractivity contribution in [3.63, 3.8) is 0 Å². The number of ether oxygens (including phenoxy) is 2. The number of allylic oxidation sites excluding steroid dienone is 2. The summed E-state index contributed by atoms with van der Waals surface area (Å²) in [5, 5.41) is 0. The van der Waals surface area contributed by atoms with Crippen LogP contribution in [0, 0.1) is 0 Å². The van der Waals surface area contributed by atoms with Gasteiger partial charge < -0.3 is 20.1 Å². The standard InChI is InChI=1S/C39H76NO8P/c1-3-5-7-9-11-13-15-17-18-19-20-22-23-25-27-29-31-38(41)45-35-37(36-47-49(43,44)46-34-33-40)48-39(42)32-30-28-26-24-21-16-14-12-10-8-6-4-2/h18-19,37H,3-17,20-36,40H2,1-2H3,(H,43,44)/b19-18-/t37-/m1/s1. The molecular formula is C39H76NO8P. The van der Waals surface area contributed by atoms with E-state index in [0.717, 1.165) is 51.4 Å². The summed E-state index contributed by atoms with van der Waals surface area (Å²) in [6.45, 7) is 3.72. The number of carbonyl (C=O) groups excluding carboxylic acids is 2. The van der Waals surface area contributed by atoms with Gasteiger partial charge in [0, 0.05) is 19.4 Å². The van der Waals surface area contributed by atoms with Crippen molar-refractivity contribution in [3.05, 3.63) is 12.2 Å². The Balaban J connectivity index is 4.17. The molecule has 10 heteroatoms. The summed E-state index contributed by atoms with van der Waals surface area (Å²) in [6, 6.07) is 0. The average molecular weight is 718 g/mol. The third kappa shape index (κ3) is 36.3. The molecule has 3 N–H and O–H groups in total. The van der Waals surface area contributed by atoms with Gasteiger partial charge in [-0.3, -0.25) is 18.6 Å². The third-order valence-corrected chi connectivity index (χ3v) is 9.64. The Morgan fingerprint density at radius 2 is 1.00 bits per heavy atom. The van der Waals surface area contributed by atoms with Crippen LogP contribution in [0.15, 0.2) is 12.2 Å². The number of unbranched alkanes of at least 4 members (excludes halogenated alkanes) is 23. The summed E-state index contributed by atoms with van der Waals surface area (Å²) in [5.74, 6) is -0.832. The van der Waals surface area contributed by atoms with Crippen LogP contribution in [0.5, 0.6) is 0 Å². The quantitative estimate of drug-likeness (QED) is 0.0277. The molecule has 0 fully saturated rings. The number of phosphoric ester groups is 1. The summed E-state index contributed by atoms with van der Waals surface area (Å²) >= 11 is 0. The molecule has 0 aromatic carbocycles. The molecule has 0 heterocycles. The van der Waals surface area contributed by atoms with E-state index in [-0.39, 0.29) is 38.6 Å². The highest BCUT2D eigenvalue weighted by atomic mass is 31.2. The minimum absolute atomic E-state index is 0.0550. The van der Waals surface area contributed by atoms with E-state index < -0.39 is 26.5 Å². The fraction of sp³-hybridized carbons (Fsp3) is 0.897. The number of esters is 2. The van der Waals surface area contributed by atoms with Crippen LogP contribution in [0.3, 0.4) is 0 Å². The van der Waals surface area contributed by atoms with Crippen molar-refractivity contribution in [2.45, 2.75) is 200 Å². The molecule has 0 saturated carbocycles. The molecule has 2 atom stereocenters. The van der Waals surface area contributed by atoms with Crippen LogP contribution in [0.2, 0.25) is 0 Å². The van der Waals surface area contributed by atoms with E-state index in [4.69, 9.17) is 24.3 Å². The second-order valence-electron chi connectivity index (χ2n) is 13.5. The zero-order valence-electron chi connectivity index (χ0n) is 31.7. The van der Waals surface area contributed by atoms with Gasteiger partial charge in [0.2, 0.25) is 0 Å². The molecule has 0 aliphatic rings. The molecule has 9 nitrogen and oxygen atoms in total. The molecule has 0 aliphatic heterocycles. The Hall–Kier alpha value is -1.25. The van der Waals surface area contributed by atoms with E-state index >= 15 is 0 Å². The van der Waals surface area contributed by atoms with E-state index in [2.05, 4.69) is 26.0 Å². The van der Waals surface area contributed by atoms with Gasteiger partial charge in [0.25, 0.3) is 0 Å². The fourth-order valence-corrected chi connectivity index (χ4v) is 6.39. The lowest BCUT2D eigenvalue weighted by atomic mass is 10.0. The molecule has 1 unspecified atom stereocenters. The molecular weight excluding hydrogens is 641 g/mol. The Labute approximate surface area is 300 Å². The first-order valence-corrected chi connectivity index (χ1v) is 21.7. The minimum atomic E-state index is -4.37. The highest BCUT2D eigenvalue weighted by Crippen LogP contribution is 2.43. The van der Waals surface area contributed by atoms with Gasteiger partial charge in [0.15, 0.2) is 6.10 Å². The van der Waals surface area contributed by atoms with Gasteiger partial charge >= 0.3 is 19.8 Å². The van der Waals surface area contributed by atoms with Crippen LogP contribution in [-0.4, -0.2) is 49.3 Å². The van der Waals surface area contributed by atoms with Crippen molar-refractivity contribution >= 4 is 19.8 Å². The Kier molecular flexibility index (Phi) is 35.6. The summed E-state index contributed by atoms with van der Waals surface area (Å²) in [6.07, 6.45) is 35.2. The van der Waals surface area contributed by atoms with Crippen molar-refractivity contribution < 1.29 is 37.6 Å². The Bertz CT molecular complexity index is 825. The number of hydrogen-bond acceptors (Lipinski definition) is 8. The maximum absolute atomic E-state index is 12.5. The van der Waals surface area contributed by atoms with Crippen LogP contribution >= 0.6 is 7.82 Å². The first kappa shape index (κ1) is 47.8. The van der Waals surface area contributed by atoms with E-state index in [1.165, 1.54) is 109 Å². The topological polar surface area (TPSA) is 134 Å². The minimum Gasteiger partial charge on any atom is -0.462 e. The predicted molar refractivity (Wildman–Crippen MR) is 201 cm³/mol. The first-order valence-electron chi connectivity index (χ1n) is 20.2. The third-order valence-electron chi connectivity index (χ3n) is 8.65. The predicted octanol–water partition coefficient (Wildman–Crippen LogP) is 11.1. The summed E-state index contributed by atoms with van der Waals surface area (Å²) in [7, 11) is -4.37. The van der Waals surface area contributed by atoms with Gasteiger partial charge in [-0.25, -0.2) is 4.57 Å². The summed E-state index contributed by atoms with van der Waals surface area (Å²) in [5.41, 5.74) is 5.33. The second kappa shape index (κ2) is 36.5. The van der Waals surface area contributed by atoms with Crippen molar-refractivity contribution in [3.8, 4) is 0 Å². The number of phosphoric acid groups is 1. The molecule has 0 aromatic rings. The number of hydrogen-bond donors (Lipinski definition) is 2. The van der Waals surface area contributed by atoms with E-state index in [9.17, 15) is 19.0 Å². The van der Waals surface area contributed by atoms with Crippen molar-refractivity contribution in [1.29, 1.82) is 0 Å². The van der Waals surface area contributed by atoms with E-state index in [1.54, 1.807) is 0 Å². The van der Waals surface area contributed by atoms with E-state index in [1.807, 2.05) is 0 Å². The molecule has 0 bridgehead atoms. The molecule has 290 valence electrons. The van der Waals surface area contributed by atoms with Gasteiger partial charge in [-0.05, 0) is 38.5 Å². The molecule has 49 heavy (non-hydrogen) atoms. The zero-order valence-corrected chi connectivity index (χ0v) is 32.6. The molecule has 0 amide bonds. The largest absolute Gasteiger partial charge is 0.472 e. The van der Waals surface area contributed by atoms with Crippen LogP contribution < -0.4 is 5.73 Å². The van der Waals surface area contributed by atoms with Gasteiger partial charge in [-0.15, -0.1) is 0 Å². The number of carbonyl (C=O) groups is 2. The Morgan fingerprint density at radius 1 is 0.592 bits per heavy atom. The maximum Gasteiger partial charge on any atom is 0.472 e. The summed E-state index contributed by atoms with van der Waals surface area (Å²) < 4.78 is 32.7. The lowest BCUT2D eigenvalue weighted by Gasteiger charge is -2.19. The number of nitrogens with two attached hydrogens (primary N) is 1. The van der Waals surface area contributed by atoms with Crippen molar-refractivity contribution in [1.82, 2.24) is 0 Å². The van der Waals surface area contributed by atoms with Crippen molar-refractivity contribution in [2.24, 2.45) is 5.73 Å². The average Bonchev–Trinajstić information content (AvgIpc) is 3.08. The first-order chi connectivity index (χ1) is 23.8. The Morgan fingerprint density at radius 3 is 1.45 bits per heavy atom. The zero-order chi connectivity index (χ0) is 36.1. The highest BCUT2D eigenvalue weighted by Gasteiger charge is 2.26. The second-order valence-corrected chi connectivity index (χ2v) is 15.0. The number of rotatable bonds is 38. The van der Waals surface area contributed by atoms with Crippen LogP contribution in [0.1, 0.15) is 194 Å². The maximum atomic E-state index is 12.5. The van der Waals surface area contributed by atoms with Crippen LogP contribution in [0.25, 0.3) is 0 Å². The lowest BCUT2D eigenvalue weighted by molar-refractivity contribution is -0.161. The van der Waals surface area contributed by atoms with Crippen molar-refractivity contribution in [2.75, 3.05) is 26.4 Å². The SMILES string of the molecule is CCCCCCCCC/C=C\CCCCCCCC(=O)OC[C@H](COP(=O)(O)OCCN)OC(=O)CCCCCCCCCCCCCC. The highest BCUT2D eigenvalue weighted by molar-refractivity contribution is 7.47. The molecule has 0 rings (SSSR count). The lowest BCUT2D eigenvalue weighted by Crippen LogP contribution is -2.29. The van der Waals surface area contributed by atoms with Gasteiger partial charge in [-0.1, -0.05) is 154 Å². The molecule has 0 spiro atoms. The molecule has 0 saturated heterocycles. The van der Waals surface area contributed by atoms with Crippen LogP contribution in [-0.2, 0) is 32.7 Å².